The van der Waals surface area contributed by atoms with Gasteiger partial charge in [0.1, 0.15) is 11.9 Å². The monoisotopic (exact) mass is 294 g/mol. The third-order valence-corrected chi connectivity index (χ3v) is 3.72. The van der Waals surface area contributed by atoms with Crippen LogP contribution in [0.1, 0.15) is 57.4 Å². The van der Waals surface area contributed by atoms with E-state index < -0.39 is 6.10 Å². The van der Waals surface area contributed by atoms with Gasteiger partial charge in [-0.15, -0.1) is 0 Å². The lowest BCUT2D eigenvalue weighted by molar-refractivity contribution is 0.0622. The van der Waals surface area contributed by atoms with E-state index >= 15 is 0 Å². The van der Waals surface area contributed by atoms with Crippen molar-refractivity contribution in [3.8, 4) is 5.75 Å². The maximum Gasteiger partial charge on any atom is 0.145 e. The van der Waals surface area contributed by atoms with E-state index in [2.05, 4.69) is 13.0 Å². The average molecular weight is 294 g/mol. The fraction of sp³-hybridized carbons (Fsp3) is 0.667. The molecule has 0 radical (unpaired) electrons. The molecular weight excluding hydrogens is 264 g/mol. The molecule has 0 atom stereocenters. The quantitative estimate of drug-likeness (QED) is 0.578. The van der Waals surface area contributed by atoms with Crippen LogP contribution in [-0.2, 0) is 6.42 Å². The second-order valence-corrected chi connectivity index (χ2v) is 5.58. The Balaban J connectivity index is 2.34. The van der Waals surface area contributed by atoms with Crippen molar-refractivity contribution in [2.45, 2.75) is 64.4 Å². The van der Waals surface area contributed by atoms with Gasteiger partial charge in [-0.2, -0.15) is 0 Å². The van der Waals surface area contributed by atoms with Gasteiger partial charge in [0.25, 0.3) is 0 Å². The SMILES string of the molecule is CCCCCCCCCc1ccccc1OC(CO)CO. The molecule has 0 saturated carbocycles. The van der Waals surface area contributed by atoms with Crippen molar-refractivity contribution in [3.05, 3.63) is 29.8 Å². The molecule has 3 nitrogen and oxygen atoms in total. The molecule has 0 fully saturated rings. The minimum atomic E-state index is -0.528. The molecule has 0 aromatic heterocycles. The molecule has 1 aromatic rings. The third-order valence-electron chi connectivity index (χ3n) is 3.72. The summed E-state index contributed by atoms with van der Waals surface area (Å²) in [5.41, 5.74) is 1.16. The number of ether oxygens (including phenoxy) is 1. The fourth-order valence-electron chi connectivity index (χ4n) is 2.41. The maximum absolute atomic E-state index is 9.11. The van der Waals surface area contributed by atoms with Crippen molar-refractivity contribution in [2.24, 2.45) is 0 Å². The summed E-state index contributed by atoms with van der Waals surface area (Å²) in [5.74, 6) is 0.789. The van der Waals surface area contributed by atoms with E-state index in [-0.39, 0.29) is 13.2 Å². The lowest BCUT2D eigenvalue weighted by atomic mass is 10.0. The highest BCUT2D eigenvalue weighted by Crippen LogP contribution is 2.22. The summed E-state index contributed by atoms with van der Waals surface area (Å²) < 4.78 is 5.65. The predicted octanol–water partition coefficient (Wildman–Crippen LogP) is 3.71. The van der Waals surface area contributed by atoms with Gasteiger partial charge in [-0.05, 0) is 24.5 Å². The van der Waals surface area contributed by atoms with Crippen LogP contribution < -0.4 is 4.74 Å². The van der Waals surface area contributed by atoms with Gasteiger partial charge in [-0.25, -0.2) is 0 Å². The van der Waals surface area contributed by atoms with Crippen LogP contribution in [0.2, 0.25) is 0 Å². The summed E-state index contributed by atoms with van der Waals surface area (Å²) in [4.78, 5) is 0. The molecule has 2 N–H and O–H groups in total. The van der Waals surface area contributed by atoms with E-state index in [0.29, 0.717) is 0 Å². The standard InChI is InChI=1S/C18H30O3/c1-2-3-4-5-6-7-8-11-16-12-9-10-13-18(16)21-17(14-19)15-20/h9-10,12-13,17,19-20H,2-8,11,14-15H2,1H3. The molecule has 21 heavy (non-hydrogen) atoms. The van der Waals surface area contributed by atoms with Gasteiger partial charge >= 0.3 is 0 Å². The second kappa shape index (κ2) is 11.6. The molecule has 0 aliphatic rings. The number of benzene rings is 1. The summed E-state index contributed by atoms with van der Waals surface area (Å²) in [5, 5.41) is 18.2. The van der Waals surface area contributed by atoms with Gasteiger partial charge in [-0.3, -0.25) is 0 Å². The first-order valence-corrected chi connectivity index (χ1v) is 8.28. The highest BCUT2D eigenvalue weighted by atomic mass is 16.5. The maximum atomic E-state index is 9.11. The summed E-state index contributed by atoms with van der Waals surface area (Å²) in [6.07, 6.45) is 9.51. The van der Waals surface area contributed by atoms with Crippen LogP contribution in [0.3, 0.4) is 0 Å². The highest BCUT2D eigenvalue weighted by molar-refractivity contribution is 5.33. The van der Waals surface area contributed by atoms with Gasteiger partial charge in [0.05, 0.1) is 13.2 Å². The van der Waals surface area contributed by atoms with E-state index in [9.17, 15) is 0 Å². The summed E-state index contributed by atoms with van der Waals surface area (Å²) in [6, 6.07) is 7.92. The Morgan fingerprint density at radius 1 is 0.905 bits per heavy atom. The van der Waals surface area contributed by atoms with Crippen LogP contribution in [0.4, 0.5) is 0 Å². The minimum Gasteiger partial charge on any atom is -0.485 e. The first-order chi connectivity index (χ1) is 10.3. The van der Waals surface area contributed by atoms with Crippen molar-refractivity contribution in [3.63, 3.8) is 0 Å². The van der Waals surface area contributed by atoms with E-state index in [1.807, 2.05) is 18.2 Å². The zero-order valence-electron chi connectivity index (χ0n) is 13.3. The van der Waals surface area contributed by atoms with Crippen LogP contribution in [0.15, 0.2) is 24.3 Å². The smallest absolute Gasteiger partial charge is 0.145 e. The first-order valence-electron chi connectivity index (χ1n) is 8.28. The highest BCUT2D eigenvalue weighted by Gasteiger charge is 2.10. The Bertz CT molecular complexity index is 361. The molecule has 0 aliphatic carbocycles. The van der Waals surface area contributed by atoms with Gasteiger partial charge in [-0.1, -0.05) is 63.6 Å². The molecular formula is C18H30O3. The molecule has 0 spiro atoms. The van der Waals surface area contributed by atoms with Gasteiger partial charge in [0.15, 0.2) is 0 Å². The van der Waals surface area contributed by atoms with Gasteiger partial charge in [0, 0.05) is 0 Å². The molecule has 0 heterocycles. The van der Waals surface area contributed by atoms with Crippen LogP contribution in [0.5, 0.6) is 5.75 Å². The number of aliphatic hydroxyl groups is 2. The van der Waals surface area contributed by atoms with Crippen molar-refractivity contribution in [1.82, 2.24) is 0 Å². The molecule has 120 valence electrons. The molecule has 0 unspecified atom stereocenters. The van der Waals surface area contributed by atoms with Gasteiger partial charge in [0.2, 0.25) is 0 Å². The second-order valence-electron chi connectivity index (χ2n) is 5.58. The summed E-state index contributed by atoms with van der Waals surface area (Å²) in [7, 11) is 0. The molecule has 0 aliphatic heterocycles. The fourth-order valence-corrected chi connectivity index (χ4v) is 2.41. The van der Waals surface area contributed by atoms with Crippen molar-refractivity contribution in [1.29, 1.82) is 0 Å². The number of para-hydroxylation sites is 1. The van der Waals surface area contributed by atoms with Crippen LogP contribution in [0, 0.1) is 0 Å². The molecule has 1 rings (SSSR count). The normalized spacial score (nSPS) is 11.0. The Labute approximate surface area is 129 Å². The topological polar surface area (TPSA) is 49.7 Å². The van der Waals surface area contributed by atoms with E-state index in [1.54, 1.807) is 0 Å². The van der Waals surface area contributed by atoms with Crippen LogP contribution in [0.25, 0.3) is 0 Å². The lowest BCUT2D eigenvalue weighted by Crippen LogP contribution is -2.25. The number of hydrogen-bond acceptors (Lipinski definition) is 3. The van der Waals surface area contributed by atoms with Crippen molar-refractivity contribution < 1.29 is 14.9 Å². The average Bonchev–Trinajstić information content (AvgIpc) is 2.53. The zero-order valence-corrected chi connectivity index (χ0v) is 13.3. The Morgan fingerprint density at radius 2 is 1.52 bits per heavy atom. The first kappa shape index (κ1) is 18.0. The Hall–Kier alpha value is -1.06. The minimum absolute atomic E-state index is 0.164. The van der Waals surface area contributed by atoms with E-state index in [1.165, 1.54) is 38.5 Å². The summed E-state index contributed by atoms with van der Waals surface area (Å²) >= 11 is 0. The van der Waals surface area contributed by atoms with Crippen LogP contribution >= 0.6 is 0 Å². The van der Waals surface area contributed by atoms with Gasteiger partial charge < -0.3 is 14.9 Å². The largest absolute Gasteiger partial charge is 0.485 e. The summed E-state index contributed by atoms with van der Waals surface area (Å²) in [6.45, 7) is 1.91. The molecule has 0 bridgehead atoms. The number of unbranched alkanes of at least 4 members (excludes halogenated alkanes) is 6. The Morgan fingerprint density at radius 3 is 2.19 bits per heavy atom. The van der Waals surface area contributed by atoms with E-state index in [4.69, 9.17) is 14.9 Å². The van der Waals surface area contributed by atoms with Crippen molar-refractivity contribution >= 4 is 0 Å². The number of rotatable bonds is 12. The lowest BCUT2D eigenvalue weighted by Gasteiger charge is -2.17. The van der Waals surface area contributed by atoms with Crippen LogP contribution in [-0.4, -0.2) is 29.5 Å². The Kier molecular flexibility index (Phi) is 9.92. The third kappa shape index (κ3) is 7.49. The van der Waals surface area contributed by atoms with E-state index in [0.717, 1.165) is 24.2 Å². The number of aliphatic hydroxyl groups excluding tert-OH is 2. The number of aryl methyl sites for hydroxylation is 1. The molecule has 0 amide bonds. The predicted molar refractivity (Wildman–Crippen MR) is 86.7 cm³/mol. The molecule has 3 heteroatoms. The van der Waals surface area contributed by atoms with Crippen molar-refractivity contribution in [2.75, 3.05) is 13.2 Å². The number of hydrogen-bond donors (Lipinski definition) is 2. The molecule has 1 aromatic carbocycles. The molecule has 0 saturated heterocycles. The zero-order chi connectivity index (χ0) is 15.3.